The Labute approximate surface area is 98.4 Å². The van der Waals surface area contributed by atoms with E-state index in [9.17, 15) is 4.79 Å². The molecule has 0 bridgehead atoms. The standard InChI is InChI=1S/C13H24N2O/c14-8-3-1-2-7-13(16)15-9-11-5-4-6-12(11)10-15/h11-12H,1-10,14H2. The average molecular weight is 224 g/mol. The molecule has 1 aliphatic carbocycles. The van der Waals surface area contributed by atoms with Gasteiger partial charge in [0.25, 0.3) is 0 Å². The van der Waals surface area contributed by atoms with E-state index in [-0.39, 0.29) is 0 Å². The highest BCUT2D eigenvalue weighted by Gasteiger charge is 2.37. The first-order valence-corrected chi connectivity index (χ1v) is 6.79. The van der Waals surface area contributed by atoms with Crippen molar-refractivity contribution in [1.82, 2.24) is 4.90 Å². The van der Waals surface area contributed by atoms with E-state index >= 15 is 0 Å². The quantitative estimate of drug-likeness (QED) is 0.723. The summed E-state index contributed by atoms with van der Waals surface area (Å²) in [4.78, 5) is 14.0. The van der Waals surface area contributed by atoms with Gasteiger partial charge in [0.05, 0.1) is 0 Å². The molecule has 0 spiro atoms. The van der Waals surface area contributed by atoms with Crippen LogP contribution in [0, 0.1) is 11.8 Å². The largest absolute Gasteiger partial charge is 0.342 e. The van der Waals surface area contributed by atoms with Gasteiger partial charge < -0.3 is 10.6 Å². The van der Waals surface area contributed by atoms with Crippen molar-refractivity contribution < 1.29 is 4.79 Å². The Kier molecular flexibility index (Phi) is 4.22. The van der Waals surface area contributed by atoms with Gasteiger partial charge in [0.15, 0.2) is 0 Å². The number of amides is 1. The lowest BCUT2D eigenvalue weighted by Gasteiger charge is -2.17. The smallest absolute Gasteiger partial charge is 0.222 e. The van der Waals surface area contributed by atoms with Crippen LogP contribution in [0.3, 0.4) is 0 Å². The summed E-state index contributed by atoms with van der Waals surface area (Å²) in [7, 11) is 0. The minimum Gasteiger partial charge on any atom is -0.342 e. The molecule has 2 fully saturated rings. The molecule has 2 unspecified atom stereocenters. The normalized spacial score (nSPS) is 28.4. The van der Waals surface area contributed by atoms with Crippen molar-refractivity contribution in [3.05, 3.63) is 0 Å². The maximum absolute atomic E-state index is 11.9. The molecule has 3 nitrogen and oxygen atoms in total. The molecule has 0 aromatic carbocycles. The van der Waals surface area contributed by atoms with Crippen molar-refractivity contribution in [3.63, 3.8) is 0 Å². The highest BCUT2D eigenvalue weighted by atomic mass is 16.2. The van der Waals surface area contributed by atoms with Crippen LogP contribution in [-0.2, 0) is 4.79 Å². The first kappa shape index (κ1) is 11.9. The third-order valence-electron chi connectivity index (χ3n) is 4.17. The van der Waals surface area contributed by atoms with Crippen LogP contribution in [-0.4, -0.2) is 30.4 Å². The molecule has 1 saturated carbocycles. The van der Waals surface area contributed by atoms with Gasteiger partial charge in [0.1, 0.15) is 0 Å². The topological polar surface area (TPSA) is 46.3 Å². The molecule has 1 heterocycles. The monoisotopic (exact) mass is 224 g/mol. The van der Waals surface area contributed by atoms with Gasteiger partial charge in [-0.05, 0) is 44.1 Å². The molecule has 92 valence electrons. The van der Waals surface area contributed by atoms with Crippen molar-refractivity contribution in [2.45, 2.75) is 44.9 Å². The van der Waals surface area contributed by atoms with Gasteiger partial charge in [-0.25, -0.2) is 0 Å². The second-order valence-electron chi connectivity index (χ2n) is 5.35. The van der Waals surface area contributed by atoms with Gasteiger partial charge >= 0.3 is 0 Å². The first-order chi connectivity index (χ1) is 7.81. The van der Waals surface area contributed by atoms with Gasteiger partial charge in [-0.2, -0.15) is 0 Å². The number of likely N-dealkylation sites (tertiary alicyclic amines) is 1. The molecule has 0 radical (unpaired) electrons. The van der Waals surface area contributed by atoms with E-state index in [1.165, 1.54) is 19.3 Å². The molecule has 1 amide bonds. The van der Waals surface area contributed by atoms with E-state index in [1.807, 2.05) is 0 Å². The number of carbonyl (C=O) groups is 1. The fraction of sp³-hybridized carbons (Fsp3) is 0.923. The molecule has 0 aromatic heterocycles. The number of nitrogens with zero attached hydrogens (tertiary/aromatic N) is 1. The molecule has 2 N–H and O–H groups in total. The van der Waals surface area contributed by atoms with E-state index < -0.39 is 0 Å². The van der Waals surface area contributed by atoms with Crippen LogP contribution in [0.4, 0.5) is 0 Å². The first-order valence-electron chi connectivity index (χ1n) is 6.79. The molecular weight excluding hydrogens is 200 g/mol. The van der Waals surface area contributed by atoms with Crippen LogP contribution in [0.15, 0.2) is 0 Å². The van der Waals surface area contributed by atoms with E-state index in [1.54, 1.807) is 0 Å². The van der Waals surface area contributed by atoms with Crippen molar-refractivity contribution in [2.75, 3.05) is 19.6 Å². The van der Waals surface area contributed by atoms with Crippen LogP contribution in [0.1, 0.15) is 44.9 Å². The lowest BCUT2D eigenvalue weighted by molar-refractivity contribution is -0.130. The lowest BCUT2D eigenvalue weighted by atomic mass is 10.0. The fourth-order valence-electron chi connectivity index (χ4n) is 3.19. The third-order valence-corrected chi connectivity index (χ3v) is 4.17. The van der Waals surface area contributed by atoms with E-state index in [4.69, 9.17) is 5.73 Å². The van der Waals surface area contributed by atoms with Gasteiger partial charge in [0.2, 0.25) is 5.91 Å². The van der Waals surface area contributed by atoms with Gasteiger partial charge in [0, 0.05) is 19.5 Å². The van der Waals surface area contributed by atoms with Crippen LogP contribution >= 0.6 is 0 Å². The summed E-state index contributed by atoms with van der Waals surface area (Å²) in [5.41, 5.74) is 5.43. The number of nitrogens with two attached hydrogens (primary N) is 1. The Bertz CT molecular complexity index is 230. The molecule has 2 aliphatic rings. The van der Waals surface area contributed by atoms with Crippen molar-refractivity contribution >= 4 is 5.91 Å². The Balaban J connectivity index is 1.66. The van der Waals surface area contributed by atoms with E-state index in [0.717, 1.165) is 57.2 Å². The minimum absolute atomic E-state index is 0.381. The Hall–Kier alpha value is -0.570. The highest BCUT2D eigenvalue weighted by molar-refractivity contribution is 5.76. The Morgan fingerprint density at radius 3 is 2.44 bits per heavy atom. The second-order valence-corrected chi connectivity index (χ2v) is 5.35. The number of hydrogen-bond donors (Lipinski definition) is 1. The Morgan fingerprint density at radius 1 is 1.12 bits per heavy atom. The molecule has 2 rings (SSSR count). The SMILES string of the molecule is NCCCCCC(=O)N1CC2CCCC2C1. The summed E-state index contributed by atoms with van der Waals surface area (Å²) in [6.07, 6.45) is 7.99. The number of rotatable bonds is 5. The number of carbonyl (C=O) groups excluding carboxylic acids is 1. The summed E-state index contributed by atoms with van der Waals surface area (Å²) in [6.45, 7) is 2.84. The molecular formula is C13H24N2O. The predicted molar refractivity (Wildman–Crippen MR) is 64.9 cm³/mol. The molecule has 2 atom stereocenters. The molecule has 3 heteroatoms. The lowest BCUT2D eigenvalue weighted by Crippen LogP contribution is -2.29. The molecule has 1 aliphatic heterocycles. The predicted octanol–water partition coefficient (Wildman–Crippen LogP) is 1.76. The van der Waals surface area contributed by atoms with Gasteiger partial charge in [-0.15, -0.1) is 0 Å². The van der Waals surface area contributed by atoms with E-state index in [0.29, 0.717) is 5.91 Å². The van der Waals surface area contributed by atoms with Crippen molar-refractivity contribution in [2.24, 2.45) is 17.6 Å². The van der Waals surface area contributed by atoms with E-state index in [2.05, 4.69) is 4.90 Å². The third kappa shape index (κ3) is 2.76. The maximum Gasteiger partial charge on any atom is 0.222 e. The number of unbranched alkanes of at least 4 members (excludes halogenated alkanes) is 2. The van der Waals surface area contributed by atoms with Crippen LogP contribution in [0.2, 0.25) is 0 Å². The molecule has 0 aromatic rings. The second kappa shape index (κ2) is 5.67. The van der Waals surface area contributed by atoms with Crippen LogP contribution < -0.4 is 5.73 Å². The summed E-state index contributed by atoms with van der Waals surface area (Å²) in [5.74, 6) is 2.03. The zero-order chi connectivity index (χ0) is 11.4. The zero-order valence-electron chi connectivity index (χ0n) is 10.2. The number of fused-ring (bicyclic) bond motifs is 1. The minimum atomic E-state index is 0.381. The van der Waals surface area contributed by atoms with Gasteiger partial charge in [-0.1, -0.05) is 12.8 Å². The van der Waals surface area contributed by atoms with Crippen LogP contribution in [0.25, 0.3) is 0 Å². The van der Waals surface area contributed by atoms with Crippen LogP contribution in [0.5, 0.6) is 0 Å². The van der Waals surface area contributed by atoms with Crippen molar-refractivity contribution in [3.8, 4) is 0 Å². The summed E-state index contributed by atoms with van der Waals surface area (Å²) < 4.78 is 0. The molecule has 16 heavy (non-hydrogen) atoms. The average Bonchev–Trinajstić information content (AvgIpc) is 2.83. The zero-order valence-corrected chi connectivity index (χ0v) is 10.2. The summed E-state index contributed by atoms with van der Waals surface area (Å²) in [6, 6.07) is 0. The summed E-state index contributed by atoms with van der Waals surface area (Å²) >= 11 is 0. The van der Waals surface area contributed by atoms with Gasteiger partial charge in [-0.3, -0.25) is 4.79 Å². The Morgan fingerprint density at radius 2 is 1.81 bits per heavy atom. The van der Waals surface area contributed by atoms with Crippen molar-refractivity contribution in [1.29, 1.82) is 0 Å². The maximum atomic E-state index is 11.9. The molecule has 1 saturated heterocycles. The highest BCUT2D eigenvalue weighted by Crippen LogP contribution is 2.37. The summed E-state index contributed by atoms with van der Waals surface area (Å²) in [5, 5.41) is 0. The fourth-order valence-corrected chi connectivity index (χ4v) is 3.19. The number of hydrogen-bond acceptors (Lipinski definition) is 2.